The van der Waals surface area contributed by atoms with Crippen LogP contribution < -0.4 is 11.1 Å². The monoisotopic (exact) mass is 342 g/mol. The molecule has 1 saturated carbocycles. The smallest absolute Gasteiger partial charge is 0.244 e. The zero-order valence-electron chi connectivity index (χ0n) is 13.7. The Kier molecular flexibility index (Phi) is 8.55. The number of carbonyl (C=O) groups is 1. The predicted octanol–water partition coefficient (Wildman–Crippen LogP) is 2.87. The number of hydrogen-bond acceptors (Lipinski definition) is 4. The van der Waals surface area contributed by atoms with Crippen LogP contribution in [0.1, 0.15) is 38.2 Å². The summed E-state index contributed by atoms with van der Waals surface area (Å²) in [5, 5.41) is 2.93. The molecule has 1 amide bonds. The Morgan fingerprint density at radius 2 is 1.96 bits per heavy atom. The van der Waals surface area contributed by atoms with Crippen molar-refractivity contribution < 1.29 is 14.3 Å². The van der Waals surface area contributed by atoms with Gasteiger partial charge in [0, 0.05) is 12.3 Å². The first-order chi connectivity index (χ1) is 10.6. The van der Waals surface area contributed by atoms with Crippen LogP contribution in [0.4, 0.5) is 5.69 Å². The fourth-order valence-corrected chi connectivity index (χ4v) is 2.68. The highest BCUT2D eigenvalue weighted by Crippen LogP contribution is 2.28. The average molecular weight is 343 g/mol. The summed E-state index contributed by atoms with van der Waals surface area (Å²) >= 11 is 0. The molecule has 130 valence electrons. The standard InChI is InChI=1S/C17H26N2O3.ClH/c1-2-21-10-11-22-13-14-6-5-7-15(12-14)19-16(20)17(18)8-3-4-9-17;/h5-7,12H,2-4,8-11,13,18H2,1H3,(H,19,20);1H. The van der Waals surface area contributed by atoms with E-state index in [1.54, 1.807) is 0 Å². The summed E-state index contributed by atoms with van der Waals surface area (Å²) in [6.45, 7) is 4.33. The molecule has 6 heteroatoms. The molecule has 1 fully saturated rings. The number of amides is 1. The van der Waals surface area contributed by atoms with E-state index in [4.69, 9.17) is 15.2 Å². The van der Waals surface area contributed by atoms with Crippen molar-refractivity contribution in [3.05, 3.63) is 29.8 Å². The van der Waals surface area contributed by atoms with Crippen molar-refractivity contribution in [3.63, 3.8) is 0 Å². The molecule has 0 unspecified atom stereocenters. The molecule has 23 heavy (non-hydrogen) atoms. The summed E-state index contributed by atoms with van der Waals surface area (Å²) in [7, 11) is 0. The highest BCUT2D eigenvalue weighted by atomic mass is 35.5. The molecule has 0 aromatic heterocycles. The average Bonchev–Trinajstić information content (AvgIpc) is 2.96. The molecular formula is C17H27ClN2O3. The van der Waals surface area contributed by atoms with Crippen LogP contribution in [0, 0.1) is 0 Å². The van der Waals surface area contributed by atoms with Crippen molar-refractivity contribution in [1.29, 1.82) is 0 Å². The zero-order valence-corrected chi connectivity index (χ0v) is 14.5. The number of rotatable bonds is 8. The van der Waals surface area contributed by atoms with Crippen molar-refractivity contribution in [2.75, 3.05) is 25.1 Å². The van der Waals surface area contributed by atoms with Gasteiger partial charge in [0.2, 0.25) is 5.91 Å². The molecule has 0 aliphatic heterocycles. The van der Waals surface area contributed by atoms with E-state index in [9.17, 15) is 4.79 Å². The predicted molar refractivity (Wildman–Crippen MR) is 93.9 cm³/mol. The fourth-order valence-electron chi connectivity index (χ4n) is 2.68. The fraction of sp³-hybridized carbons (Fsp3) is 0.588. The molecule has 2 rings (SSSR count). The van der Waals surface area contributed by atoms with Gasteiger partial charge in [-0.1, -0.05) is 25.0 Å². The summed E-state index contributed by atoms with van der Waals surface area (Å²) in [5.41, 5.74) is 7.25. The molecule has 0 atom stereocenters. The number of halogens is 1. The summed E-state index contributed by atoms with van der Waals surface area (Å²) in [6.07, 6.45) is 3.58. The molecule has 5 nitrogen and oxygen atoms in total. The molecular weight excluding hydrogens is 316 g/mol. The second-order valence-electron chi connectivity index (χ2n) is 5.77. The molecule has 0 bridgehead atoms. The molecule has 0 radical (unpaired) electrons. The van der Waals surface area contributed by atoms with Crippen molar-refractivity contribution in [2.24, 2.45) is 5.73 Å². The molecule has 1 aromatic carbocycles. The van der Waals surface area contributed by atoms with Crippen LogP contribution in [-0.4, -0.2) is 31.3 Å². The first-order valence-electron chi connectivity index (χ1n) is 7.99. The van der Waals surface area contributed by atoms with Gasteiger partial charge >= 0.3 is 0 Å². The van der Waals surface area contributed by atoms with Crippen LogP contribution in [0.3, 0.4) is 0 Å². The van der Waals surface area contributed by atoms with Gasteiger partial charge in [-0.05, 0) is 37.5 Å². The van der Waals surface area contributed by atoms with Crippen molar-refractivity contribution in [1.82, 2.24) is 0 Å². The Labute approximate surface area is 144 Å². The van der Waals surface area contributed by atoms with Gasteiger partial charge in [0.15, 0.2) is 0 Å². The van der Waals surface area contributed by atoms with Gasteiger partial charge in [-0.25, -0.2) is 0 Å². The molecule has 0 heterocycles. The summed E-state index contributed by atoms with van der Waals surface area (Å²) < 4.78 is 10.8. The highest BCUT2D eigenvalue weighted by Gasteiger charge is 2.36. The highest BCUT2D eigenvalue weighted by molar-refractivity contribution is 5.98. The number of ether oxygens (including phenoxy) is 2. The lowest BCUT2D eigenvalue weighted by molar-refractivity contribution is -0.121. The normalized spacial score (nSPS) is 15.9. The van der Waals surface area contributed by atoms with Crippen molar-refractivity contribution in [2.45, 2.75) is 44.8 Å². The molecule has 1 aliphatic carbocycles. The Morgan fingerprint density at radius 3 is 2.65 bits per heavy atom. The van der Waals surface area contributed by atoms with E-state index >= 15 is 0 Å². The van der Waals surface area contributed by atoms with Gasteiger partial charge in [-0.3, -0.25) is 4.79 Å². The van der Waals surface area contributed by atoms with Gasteiger partial charge < -0.3 is 20.5 Å². The summed E-state index contributed by atoms with van der Waals surface area (Å²) in [6, 6.07) is 7.69. The van der Waals surface area contributed by atoms with Crippen LogP contribution >= 0.6 is 12.4 Å². The number of nitrogens with two attached hydrogens (primary N) is 1. The Hall–Kier alpha value is -1.14. The molecule has 0 spiro atoms. The van der Waals surface area contributed by atoms with E-state index in [1.165, 1.54) is 0 Å². The molecule has 0 saturated heterocycles. The third-order valence-corrected chi connectivity index (χ3v) is 3.98. The minimum absolute atomic E-state index is 0. The van der Waals surface area contributed by atoms with E-state index in [1.807, 2.05) is 31.2 Å². The third kappa shape index (κ3) is 6.11. The Balaban J connectivity index is 0.00000264. The minimum atomic E-state index is -0.704. The molecule has 3 N–H and O–H groups in total. The van der Waals surface area contributed by atoms with Crippen LogP contribution in [0.15, 0.2) is 24.3 Å². The van der Waals surface area contributed by atoms with Crippen molar-refractivity contribution >= 4 is 24.0 Å². The second kappa shape index (κ2) is 9.88. The lowest BCUT2D eigenvalue weighted by Crippen LogP contribution is -2.48. The number of nitrogens with one attached hydrogen (secondary N) is 1. The van der Waals surface area contributed by atoms with Gasteiger partial charge in [0.25, 0.3) is 0 Å². The maximum absolute atomic E-state index is 12.3. The lowest BCUT2D eigenvalue weighted by atomic mass is 9.98. The Bertz CT molecular complexity index is 490. The van der Waals surface area contributed by atoms with E-state index in [0.717, 1.165) is 36.9 Å². The largest absolute Gasteiger partial charge is 0.379 e. The van der Waals surface area contributed by atoms with Crippen LogP contribution in [-0.2, 0) is 20.9 Å². The third-order valence-electron chi connectivity index (χ3n) is 3.98. The van der Waals surface area contributed by atoms with Gasteiger partial charge in [0.1, 0.15) is 0 Å². The van der Waals surface area contributed by atoms with E-state index in [0.29, 0.717) is 26.4 Å². The maximum atomic E-state index is 12.3. The van der Waals surface area contributed by atoms with Crippen LogP contribution in [0.2, 0.25) is 0 Å². The topological polar surface area (TPSA) is 73.6 Å². The van der Waals surface area contributed by atoms with E-state index in [-0.39, 0.29) is 18.3 Å². The quantitative estimate of drug-likeness (QED) is 0.712. The van der Waals surface area contributed by atoms with Crippen molar-refractivity contribution in [3.8, 4) is 0 Å². The molecule has 1 aliphatic rings. The number of benzene rings is 1. The number of carbonyl (C=O) groups excluding carboxylic acids is 1. The van der Waals surface area contributed by atoms with Crippen LogP contribution in [0.5, 0.6) is 0 Å². The lowest BCUT2D eigenvalue weighted by Gasteiger charge is -2.22. The van der Waals surface area contributed by atoms with Gasteiger partial charge in [-0.2, -0.15) is 0 Å². The van der Waals surface area contributed by atoms with Crippen LogP contribution in [0.25, 0.3) is 0 Å². The first kappa shape index (κ1) is 19.9. The zero-order chi connectivity index (χ0) is 15.8. The summed E-state index contributed by atoms with van der Waals surface area (Å²) in [4.78, 5) is 12.3. The van der Waals surface area contributed by atoms with E-state index < -0.39 is 5.54 Å². The summed E-state index contributed by atoms with van der Waals surface area (Å²) in [5.74, 6) is -0.0839. The van der Waals surface area contributed by atoms with E-state index in [2.05, 4.69) is 5.32 Å². The number of anilines is 1. The molecule has 1 aromatic rings. The van der Waals surface area contributed by atoms with Gasteiger partial charge in [0.05, 0.1) is 25.4 Å². The maximum Gasteiger partial charge on any atom is 0.244 e. The Morgan fingerprint density at radius 1 is 1.26 bits per heavy atom. The SMILES string of the molecule is CCOCCOCc1cccc(NC(=O)C2(N)CCCC2)c1.Cl. The number of hydrogen-bond donors (Lipinski definition) is 2. The first-order valence-corrected chi connectivity index (χ1v) is 7.99. The minimum Gasteiger partial charge on any atom is -0.379 e. The second-order valence-corrected chi connectivity index (χ2v) is 5.77. The van der Waals surface area contributed by atoms with Gasteiger partial charge in [-0.15, -0.1) is 12.4 Å².